The molecular formula is C15H18N4O3. The van der Waals surface area contributed by atoms with E-state index in [4.69, 9.17) is 5.11 Å². The number of carbonyl (C=O) groups is 2. The minimum atomic E-state index is -1.000. The number of anilines is 1. The molecule has 0 saturated carbocycles. The lowest BCUT2D eigenvalue weighted by Gasteiger charge is -2.18. The Bertz CT molecular complexity index is 684. The highest BCUT2D eigenvalue weighted by molar-refractivity contribution is 6.02. The van der Waals surface area contributed by atoms with Gasteiger partial charge in [0.1, 0.15) is 12.2 Å². The Kier molecular flexibility index (Phi) is 4.25. The molecule has 0 aliphatic heterocycles. The second-order valence-corrected chi connectivity index (χ2v) is 5.93. The number of pyridine rings is 1. The number of amides is 1. The van der Waals surface area contributed by atoms with Crippen molar-refractivity contribution in [3.63, 3.8) is 0 Å². The van der Waals surface area contributed by atoms with Crippen LogP contribution in [0.25, 0.3) is 0 Å². The first-order valence-electron chi connectivity index (χ1n) is 6.79. The molecule has 2 aromatic rings. The largest absolute Gasteiger partial charge is 0.480 e. The number of hydrogen-bond acceptors (Lipinski definition) is 4. The summed E-state index contributed by atoms with van der Waals surface area (Å²) in [6, 6.07) is 5.06. The predicted octanol–water partition coefficient (Wildman–Crippen LogP) is 1.91. The summed E-state index contributed by atoms with van der Waals surface area (Å²) in [6.45, 7) is 5.95. The first-order chi connectivity index (χ1) is 10.3. The molecule has 2 rings (SSSR count). The van der Waals surface area contributed by atoms with E-state index in [0.29, 0.717) is 0 Å². The molecule has 0 spiro atoms. The molecule has 7 nitrogen and oxygen atoms in total. The van der Waals surface area contributed by atoms with Gasteiger partial charge in [0, 0.05) is 18.5 Å². The van der Waals surface area contributed by atoms with Gasteiger partial charge in [0.25, 0.3) is 5.91 Å². The Morgan fingerprint density at radius 2 is 2.00 bits per heavy atom. The van der Waals surface area contributed by atoms with E-state index in [2.05, 4.69) is 36.2 Å². The lowest BCUT2D eigenvalue weighted by Crippen LogP contribution is -2.17. The number of carboxylic acids is 1. The molecule has 116 valence electrons. The molecule has 0 saturated heterocycles. The molecule has 0 aromatic carbocycles. The maximum atomic E-state index is 12.1. The second-order valence-electron chi connectivity index (χ2n) is 5.93. The first-order valence-corrected chi connectivity index (χ1v) is 6.79. The SMILES string of the molecule is CC(C)(C)c1ccc(C(=O)Nc2ccn(CC(=O)O)n2)nc1. The van der Waals surface area contributed by atoms with Crippen molar-refractivity contribution in [3.05, 3.63) is 41.9 Å². The van der Waals surface area contributed by atoms with Gasteiger partial charge >= 0.3 is 5.97 Å². The molecule has 22 heavy (non-hydrogen) atoms. The molecular weight excluding hydrogens is 284 g/mol. The highest BCUT2D eigenvalue weighted by Gasteiger charge is 2.15. The van der Waals surface area contributed by atoms with Crippen molar-refractivity contribution >= 4 is 17.7 Å². The van der Waals surface area contributed by atoms with Crippen LogP contribution in [0.15, 0.2) is 30.6 Å². The van der Waals surface area contributed by atoms with Crippen molar-refractivity contribution < 1.29 is 14.7 Å². The van der Waals surface area contributed by atoms with E-state index in [0.717, 1.165) is 5.56 Å². The number of nitrogens with zero attached hydrogens (tertiary/aromatic N) is 3. The lowest BCUT2D eigenvalue weighted by molar-refractivity contribution is -0.137. The fourth-order valence-electron chi connectivity index (χ4n) is 1.81. The van der Waals surface area contributed by atoms with Crippen LogP contribution < -0.4 is 5.32 Å². The van der Waals surface area contributed by atoms with Crippen LogP contribution in [-0.2, 0) is 16.8 Å². The lowest BCUT2D eigenvalue weighted by atomic mass is 9.88. The zero-order valence-electron chi connectivity index (χ0n) is 12.7. The molecule has 0 radical (unpaired) electrons. The molecule has 2 N–H and O–H groups in total. The Labute approximate surface area is 128 Å². The van der Waals surface area contributed by atoms with Gasteiger partial charge in [0.05, 0.1) is 0 Å². The van der Waals surface area contributed by atoms with Gasteiger partial charge in [-0.15, -0.1) is 0 Å². The molecule has 0 fully saturated rings. The number of carbonyl (C=O) groups excluding carboxylic acids is 1. The summed E-state index contributed by atoms with van der Waals surface area (Å²) in [5, 5.41) is 15.2. The van der Waals surface area contributed by atoms with Crippen molar-refractivity contribution in [1.29, 1.82) is 0 Å². The average Bonchev–Trinajstić information content (AvgIpc) is 2.84. The monoisotopic (exact) mass is 302 g/mol. The maximum absolute atomic E-state index is 12.1. The fraction of sp³-hybridized carbons (Fsp3) is 0.333. The van der Waals surface area contributed by atoms with Crippen LogP contribution in [0, 0.1) is 0 Å². The van der Waals surface area contributed by atoms with Gasteiger partial charge < -0.3 is 10.4 Å². The fourth-order valence-corrected chi connectivity index (χ4v) is 1.81. The van der Waals surface area contributed by atoms with Crippen LogP contribution in [0.3, 0.4) is 0 Å². The van der Waals surface area contributed by atoms with Crippen LogP contribution in [0.1, 0.15) is 36.8 Å². The predicted molar refractivity (Wildman–Crippen MR) is 80.8 cm³/mol. The van der Waals surface area contributed by atoms with E-state index in [1.807, 2.05) is 6.07 Å². The van der Waals surface area contributed by atoms with E-state index in [1.165, 1.54) is 16.9 Å². The molecule has 0 aliphatic carbocycles. The van der Waals surface area contributed by atoms with Crippen LogP contribution in [0.5, 0.6) is 0 Å². The highest BCUT2D eigenvalue weighted by atomic mass is 16.4. The number of aromatic nitrogens is 3. The van der Waals surface area contributed by atoms with Crippen molar-refractivity contribution in [2.75, 3.05) is 5.32 Å². The van der Waals surface area contributed by atoms with E-state index in [1.54, 1.807) is 12.3 Å². The molecule has 0 bridgehead atoms. The molecule has 0 atom stereocenters. The first kappa shape index (κ1) is 15.7. The Morgan fingerprint density at radius 1 is 1.27 bits per heavy atom. The molecule has 2 heterocycles. The van der Waals surface area contributed by atoms with E-state index < -0.39 is 5.97 Å². The average molecular weight is 302 g/mol. The van der Waals surface area contributed by atoms with Gasteiger partial charge in [-0.2, -0.15) is 5.10 Å². The van der Waals surface area contributed by atoms with E-state index in [-0.39, 0.29) is 29.4 Å². The standard InChI is InChI=1S/C15H18N4O3/c1-15(2,3)10-4-5-11(16-8-10)14(22)17-12-6-7-19(18-12)9-13(20)21/h4-8H,9H2,1-3H3,(H,20,21)(H,17,18,22). The third kappa shape index (κ3) is 3.91. The topological polar surface area (TPSA) is 97.1 Å². The summed E-state index contributed by atoms with van der Waals surface area (Å²) in [6.07, 6.45) is 3.16. The van der Waals surface area contributed by atoms with Gasteiger partial charge in [-0.1, -0.05) is 26.8 Å². The minimum absolute atomic E-state index is 0.0301. The van der Waals surface area contributed by atoms with E-state index >= 15 is 0 Å². The summed E-state index contributed by atoms with van der Waals surface area (Å²) in [5.74, 6) is -1.10. The van der Waals surface area contributed by atoms with Crippen molar-refractivity contribution in [3.8, 4) is 0 Å². The van der Waals surface area contributed by atoms with Crippen molar-refractivity contribution in [2.24, 2.45) is 0 Å². The number of carboxylic acid groups (broad SMARTS) is 1. The number of aliphatic carboxylic acids is 1. The van der Waals surface area contributed by atoms with Crippen LogP contribution in [0.4, 0.5) is 5.82 Å². The van der Waals surface area contributed by atoms with Gasteiger partial charge in [0.15, 0.2) is 5.82 Å². The molecule has 0 aliphatic rings. The summed E-state index contributed by atoms with van der Waals surface area (Å²) in [5.41, 5.74) is 1.29. The summed E-state index contributed by atoms with van der Waals surface area (Å²) < 4.78 is 1.23. The van der Waals surface area contributed by atoms with Gasteiger partial charge in [-0.05, 0) is 17.0 Å². The Morgan fingerprint density at radius 3 is 2.55 bits per heavy atom. The normalized spacial score (nSPS) is 11.2. The zero-order valence-corrected chi connectivity index (χ0v) is 12.7. The summed E-state index contributed by atoms with van der Waals surface area (Å²) in [7, 11) is 0. The summed E-state index contributed by atoms with van der Waals surface area (Å²) in [4.78, 5) is 26.8. The molecule has 0 unspecified atom stereocenters. The van der Waals surface area contributed by atoms with Gasteiger partial charge in [-0.3, -0.25) is 19.3 Å². The van der Waals surface area contributed by atoms with Crippen LogP contribution >= 0.6 is 0 Å². The smallest absolute Gasteiger partial charge is 0.325 e. The number of hydrogen-bond donors (Lipinski definition) is 2. The van der Waals surface area contributed by atoms with Crippen LogP contribution in [0.2, 0.25) is 0 Å². The number of rotatable bonds is 4. The van der Waals surface area contributed by atoms with Crippen LogP contribution in [-0.4, -0.2) is 31.7 Å². The third-order valence-corrected chi connectivity index (χ3v) is 3.04. The van der Waals surface area contributed by atoms with Crippen molar-refractivity contribution in [1.82, 2.24) is 14.8 Å². The zero-order chi connectivity index (χ0) is 16.3. The number of nitrogens with one attached hydrogen (secondary N) is 1. The quantitative estimate of drug-likeness (QED) is 0.899. The molecule has 2 aromatic heterocycles. The minimum Gasteiger partial charge on any atom is -0.480 e. The molecule has 7 heteroatoms. The van der Waals surface area contributed by atoms with Gasteiger partial charge in [-0.25, -0.2) is 0 Å². The van der Waals surface area contributed by atoms with Gasteiger partial charge in [0.2, 0.25) is 0 Å². The summed E-state index contributed by atoms with van der Waals surface area (Å²) >= 11 is 0. The van der Waals surface area contributed by atoms with E-state index in [9.17, 15) is 9.59 Å². The Balaban J connectivity index is 2.06. The molecule has 1 amide bonds. The maximum Gasteiger partial charge on any atom is 0.325 e. The Hall–Kier alpha value is -2.70. The second kappa shape index (κ2) is 5.97. The third-order valence-electron chi connectivity index (χ3n) is 3.04. The highest BCUT2D eigenvalue weighted by Crippen LogP contribution is 2.21. The van der Waals surface area contributed by atoms with Crippen molar-refractivity contribution in [2.45, 2.75) is 32.7 Å².